The Labute approximate surface area is 169 Å². The summed E-state index contributed by atoms with van der Waals surface area (Å²) in [6, 6.07) is 11.7. The Morgan fingerprint density at radius 2 is 1.72 bits per heavy atom. The van der Waals surface area contributed by atoms with E-state index >= 15 is 0 Å². The Balaban J connectivity index is 1.96. The highest BCUT2D eigenvalue weighted by Crippen LogP contribution is 2.34. The van der Waals surface area contributed by atoms with Crippen molar-refractivity contribution < 1.29 is 26.4 Å². The zero-order valence-electron chi connectivity index (χ0n) is 14.9. The second-order valence-corrected chi connectivity index (χ2v) is 8.58. The minimum absolute atomic E-state index is 0.0267. The number of carbonyl (C=O) groups excluding carboxylic acids is 1. The van der Waals surface area contributed by atoms with E-state index in [2.05, 4.69) is 5.10 Å². The van der Waals surface area contributed by atoms with Gasteiger partial charge in [-0.05, 0) is 37.3 Å². The summed E-state index contributed by atoms with van der Waals surface area (Å²) in [5.41, 5.74) is -1.19. The third kappa shape index (κ3) is 4.35. The van der Waals surface area contributed by atoms with Gasteiger partial charge in [0.15, 0.2) is 15.6 Å². The van der Waals surface area contributed by atoms with Crippen LogP contribution in [0.4, 0.5) is 13.2 Å². The summed E-state index contributed by atoms with van der Waals surface area (Å²) in [4.78, 5) is 12.3. The van der Waals surface area contributed by atoms with Gasteiger partial charge in [0.05, 0.1) is 21.2 Å². The van der Waals surface area contributed by atoms with Crippen molar-refractivity contribution in [3.05, 3.63) is 76.6 Å². The molecule has 10 heteroatoms. The predicted molar refractivity (Wildman–Crippen MR) is 101 cm³/mol. The molecule has 0 spiro atoms. The van der Waals surface area contributed by atoms with Crippen molar-refractivity contribution in [2.24, 2.45) is 0 Å². The molecule has 0 amide bonds. The maximum absolute atomic E-state index is 13.3. The number of halogens is 4. The van der Waals surface area contributed by atoms with Crippen molar-refractivity contribution in [2.45, 2.75) is 18.0 Å². The number of nitrogens with zero attached hydrogens (tertiary/aromatic N) is 2. The first kappa shape index (κ1) is 21.1. The van der Waals surface area contributed by atoms with Crippen LogP contribution < -0.4 is 0 Å². The molecule has 2 aromatic carbocycles. The molecular weight excluding hydrogens is 429 g/mol. The third-order valence-electron chi connectivity index (χ3n) is 4.10. The Kier molecular flexibility index (Phi) is 5.55. The summed E-state index contributed by atoms with van der Waals surface area (Å²) >= 11 is 5.89. The third-order valence-corrected chi connectivity index (χ3v) is 6.21. The van der Waals surface area contributed by atoms with Crippen molar-refractivity contribution >= 4 is 27.2 Å². The highest BCUT2D eigenvalue weighted by Gasteiger charge is 2.34. The van der Waals surface area contributed by atoms with E-state index in [9.17, 15) is 26.4 Å². The Bertz CT molecular complexity index is 1190. The minimum Gasteiger partial charge on any atom is -0.291 e. The van der Waals surface area contributed by atoms with Crippen LogP contribution in [0.5, 0.6) is 0 Å². The van der Waals surface area contributed by atoms with E-state index in [-0.39, 0.29) is 27.0 Å². The molecule has 0 aliphatic heterocycles. The van der Waals surface area contributed by atoms with Gasteiger partial charge >= 0.3 is 6.18 Å². The predicted octanol–water partition coefficient (Wildman–Crippen LogP) is 4.51. The maximum Gasteiger partial charge on any atom is 0.418 e. The first-order chi connectivity index (χ1) is 13.5. The molecule has 0 N–H and O–H groups in total. The lowest BCUT2D eigenvalue weighted by Gasteiger charge is -2.13. The molecule has 0 saturated carbocycles. The summed E-state index contributed by atoms with van der Waals surface area (Å²) in [5, 5.41) is 3.90. The molecule has 3 aromatic rings. The molecule has 0 unspecified atom stereocenters. The number of aryl methyl sites for hydroxylation is 1. The second kappa shape index (κ2) is 7.64. The Morgan fingerprint density at radius 1 is 1.10 bits per heavy atom. The molecular formula is C19H14ClF3N2O3S. The van der Waals surface area contributed by atoms with Gasteiger partial charge in [0.2, 0.25) is 0 Å². The smallest absolute Gasteiger partial charge is 0.291 e. The van der Waals surface area contributed by atoms with E-state index in [1.54, 1.807) is 6.07 Å². The van der Waals surface area contributed by atoms with Crippen molar-refractivity contribution in [3.63, 3.8) is 0 Å². The van der Waals surface area contributed by atoms with Gasteiger partial charge in [0.25, 0.3) is 0 Å². The van der Waals surface area contributed by atoms with Gasteiger partial charge in [-0.1, -0.05) is 35.9 Å². The molecule has 0 aliphatic carbocycles. The molecule has 0 fully saturated rings. The van der Waals surface area contributed by atoms with E-state index in [0.717, 1.165) is 10.7 Å². The Hall–Kier alpha value is -2.65. The van der Waals surface area contributed by atoms with Crippen LogP contribution in [0.2, 0.25) is 5.02 Å². The maximum atomic E-state index is 13.3. The standard InChI is InChI=1S/C19H14ClF3N2O3S/c1-12-10-15(17(26)11-29(27,28)18-9-5-3-7-14(18)20)24-25(12)16-8-4-2-6-13(16)19(21,22)23/h2-10H,11H2,1H3. The van der Waals surface area contributed by atoms with Gasteiger partial charge in [-0.25, -0.2) is 13.1 Å². The molecule has 3 rings (SSSR count). The number of Topliss-reactive ketones (excluding diaryl/α,β-unsaturated/α-hetero) is 1. The normalized spacial score (nSPS) is 12.2. The lowest BCUT2D eigenvalue weighted by Crippen LogP contribution is -2.18. The molecule has 0 aliphatic rings. The highest BCUT2D eigenvalue weighted by molar-refractivity contribution is 7.92. The van der Waals surface area contributed by atoms with Crippen LogP contribution in [0, 0.1) is 6.92 Å². The molecule has 0 radical (unpaired) electrons. The monoisotopic (exact) mass is 442 g/mol. The largest absolute Gasteiger partial charge is 0.418 e. The SMILES string of the molecule is Cc1cc(C(=O)CS(=O)(=O)c2ccccc2Cl)nn1-c1ccccc1C(F)(F)F. The van der Waals surface area contributed by atoms with Gasteiger partial charge in [0, 0.05) is 5.69 Å². The summed E-state index contributed by atoms with van der Waals surface area (Å²) in [6.07, 6.45) is -4.62. The quantitative estimate of drug-likeness (QED) is 0.545. The molecule has 1 aromatic heterocycles. The van der Waals surface area contributed by atoms with E-state index in [1.807, 2.05) is 0 Å². The van der Waals surface area contributed by atoms with Gasteiger partial charge < -0.3 is 0 Å². The number of para-hydroxylation sites is 1. The first-order valence-electron chi connectivity index (χ1n) is 8.24. The van der Waals surface area contributed by atoms with Gasteiger partial charge in [-0.15, -0.1) is 0 Å². The summed E-state index contributed by atoms with van der Waals surface area (Å²) in [7, 11) is -4.05. The fourth-order valence-electron chi connectivity index (χ4n) is 2.77. The molecule has 29 heavy (non-hydrogen) atoms. The van der Waals surface area contributed by atoms with Crippen LogP contribution in [0.3, 0.4) is 0 Å². The summed E-state index contributed by atoms with van der Waals surface area (Å²) in [5.74, 6) is -1.76. The molecule has 0 bridgehead atoms. The Morgan fingerprint density at radius 3 is 2.38 bits per heavy atom. The number of benzene rings is 2. The van der Waals surface area contributed by atoms with Crippen LogP contribution in [-0.2, 0) is 16.0 Å². The number of sulfone groups is 1. The number of hydrogen-bond donors (Lipinski definition) is 0. The number of rotatable bonds is 5. The summed E-state index contributed by atoms with van der Waals surface area (Å²) in [6.45, 7) is 1.47. The first-order valence-corrected chi connectivity index (χ1v) is 10.3. The van der Waals surface area contributed by atoms with E-state index in [4.69, 9.17) is 11.6 Å². The molecule has 5 nitrogen and oxygen atoms in total. The van der Waals surface area contributed by atoms with Crippen molar-refractivity contribution in [1.82, 2.24) is 9.78 Å². The van der Waals surface area contributed by atoms with Gasteiger partial charge in [-0.3, -0.25) is 4.79 Å². The van der Waals surface area contributed by atoms with Crippen LogP contribution in [0.1, 0.15) is 21.7 Å². The van der Waals surface area contributed by atoms with Crippen molar-refractivity contribution in [2.75, 3.05) is 5.75 Å². The van der Waals surface area contributed by atoms with E-state index in [0.29, 0.717) is 0 Å². The van der Waals surface area contributed by atoms with Crippen LogP contribution in [-0.4, -0.2) is 29.7 Å². The van der Waals surface area contributed by atoms with Crippen LogP contribution in [0.25, 0.3) is 5.69 Å². The highest BCUT2D eigenvalue weighted by atomic mass is 35.5. The van der Waals surface area contributed by atoms with Crippen molar-refractivity contribution in [3.8, 4) is 5.69 Å². The average molecular weight is 443 g/mol. The number of alkyl halides is 3. The molecule has 152 valence electrons. The zero-order chi connectivity index (χ0) is 21.4. The zero-order valence-corrected chi connectivity index (χ0v) is 16.5. The fourth-order valence-corrected chi connectivity index (χ4v) is 4.56. The van der Waals surface area contributed by atoms with Crippen molar-refractivity contribution in [1.29, 1.82) is 0 Å². The average Bonchev–Trinajstić information content (AvgIpc) is 3.03. The van der Waals surface area contributed by atoms with Crippen LogP contribution in [0.15, 0.2) is 59.5 Å². The second-order valence-electron chi connectivity index (χ2n) is 6.21. The van der Waals surface area contributed by atoms with E-state index < -0.39 is 33.1 Å². The van der Waals surface area contributed by atoms with Gasteiger partial charge in [0.1, 0.15) is 11.4 Å². The fraction of sp³-hybridized carbons (Fsp3) is 0.158. The number of carbonyl (C=O) groups is 1. The number of ketones is 1. The molecule has 0 saturated heterocycles. The van der Waals surface area contributed by atoms with Crippen LogP contribution >= 0.6 is 11.6 Å². The van der Waals surface area contributed by atoms with E-state index in [1.165, 1.54) is 49.4 Å². The topological polar surface area (TPSA) is 69.0 Å². The summed E-state index contributed by atoms with van der Waals surface area (Å²) < 4.78 is 65.8. The molecule has 1 heterocycles. The number of hydrogen-bond acceptors (Lipinski definition) is 4. The number of aromatic nitrogens is 2. The van der Waals surface area contributed by atoms with Gasteiger partial charge in [-0.2, -0.15) is 18.3 Å². The lowest BCUT2D eigenvalue weighted by atomic mass is 10.1. The minimum atomic E-state index is -4.62. The molecule has 0 atom stereocenters. The lowest BCUT2D eigenvalue weighted by molar-refractivity contribution is -0.137.